The largest absolute Gasteiger partial charge is 0.390 e. The lowest BCUT2D eigenvalue weighted by Gasteiger charge is -2.35. The van der Waals surface area contributed by atoms with Gasteiger partial charge in [-0.3, -0.25) is 14.6 Å². The van der Waals surface area contributed by atoms with Gasteiger partial charge in [0.2, 0.25) is 11.8 Å². The lowest BCUT2D eigenvalue weighted by molar-refractivity contribution is -0.141. The normalized spacial score (nSPS) is 22.0. The summed E-state index contributed by atoms with van der Waals surface area (Å²) < 4.78 is 0. The van der Waals surface area contributed by atoms with Crippen molar-refractivity contribution in [2.75, 3.05) is 6.54 Å². The Morgan fingerprint density at radius 2 is 1.61 bits per heavy atom. The molecule has 3 aliphatic rings. The summed E-state index contributed by atoms with van der Waals surface area (Å²) in [7, 11) is 0. The highest BCUT2D eigenvalue weighted by Gasteiger charge is 2.38. The number of aromatic nitrogens is 1. The standard InChI is InChI=1S/C36H59N3O5/c1-26(2)20-32(40)34(42)31(22-27-12-6-5-7-13-27)38-35(43)29(21-28-15-16-28)23-33(41)39(24-30-14-8-11-19-37-30)25-36(44)17-9-3-4-10-18-36/h8,11,14,19,26-29,31-32,34,40,42,44H,3-7,9-10,12-13,15-18,20-25H2,1-2H3,(H,38,43)/t29-,31+,32+,34-/m1/s1. The second-order valence-corrected chi connectivity index (χ2v) is 14.8. The van der Waals surface area contributed by atoms with Crippen LogP contribution in [0.15, 0.2) is 24.4 Å². The van der Waals surface area contributed by atoms with Crippen molar-refractivity contribution in [1.82, 2.24) is 15.2 Å². The fourth-order valence-electron chi connectivity index (χ4n) is 7.46. The number of carbonyl (C=O) groups excluding carboxylic acids is 2. The molecular formula is C36H59N3O5. The lowest BCUT2D eigenvalue weighted by atomic mass is 9.82. The highest BCUT2D eigenvalue weighted by molar-refractivity contribution is 5.86. The van der Waals surface area contributed by atoms with Gasteiger partial charge in [-0.1, -0.05) is 90.5 Å². The van der Waals surface area contributed by atoms with Crippen molar-refractivity contribution in [3.8, 4) is 0 Å². The fourth-order valence-corrected chi connectivity index (χ4v) is 7.46. The molecule has 0 radical (unpaired) electrons. The van der Waals surface area contributed by atoms with Crippen LogP contribution < -0.4 is 5.32 Å². The Kier molecular flexibility index (Phi) is 13.5. The van der Waals surface area contributed by atoms with Crippen LogP contribution >= 0.6 is 0 Å². The highest BCUT2D eigenvalue weighted by Crippen LogP contribution is 2.37. The molecular weight excluding hydrogens is 554 g/mol. The third kappa shape index (κ3) is 11.4. The zero-order chi connectivity index (χ0) is 31.5. The molecule has 3 fully saturated rings. The van der Waals surface area contributed by atoms with Crippen LogP contribution in [0.25, 0.3) is 0 Å². The topological polar surface area (TPSA) is 123 Å². The molecule has 8 heteroatoms. The first-order chi connectivity index (χ1) is 21.1. The van der Waals surface area contributed by atoms with Gasteiger partial charge in [0.25, 0.3) is 0 Å². The van der Waals surface area contributed by atoms with E-state index in [-0.39, 0.29) is 30.7 Å². The van der Waals surface area contributed by atoms with Gasteiger partial charge in [0.15, 0.2) is 0 Å². The van der Waals surface area contributed by atoms with E-state index >= 15 is 0 Å². The number of aliphatic hydroxyl groups excluding tert-OH is 2. The van der Waals surface area contributed by atoms with Crippen LogP contribution in [-0.2, 0) is 16.1 Å². The monoisotopic (exact) mass is 613 g/mol. The first-order valence-electron chi connectivity index (χ1n) is 17.7. The number of hydrogen-bond acceptors (Lipinski definition) is 6. The molecule has 4 N–H and O–H groups in total. The van der Waals surface area contributed by atoms with E-state index in [1.54, 1.807) is 11.1 Å². The Balaban J connectivity index is 1.49. The van der Waals surface area contributed by atoms with Crippen LogP contribution in [-0.4, -0.2) is 67.4 Å². The minimum Gasteiger partial charge on any atom is -0.390 e. The highest BCUT2D eigenvalue weighted by atomic mass is 16.3. The van der Waals surface area contributed by atoms with Gasteiger partial charge in [0, 0.05) is 25.1 Å². The summed E-state index contributed by atoms with van der Waals surface area (Å²) in [5.74, 6) is 0.202. The first-order valence-corrected chi connectivity index (χ1v) is 17.7. The number of nitrogens with one attached hydrogen (secondary N) is 1. The third-order valence-electron chi connectivity index (χ3n) is 10.2. The summed E-state index contributed by atoms with van der Waals surface area (Å²) in [5.41, 5.74) is -0.173. The molecule has 1 aromatic heterocycles. The molecule has 8 nitrogen and oxygen atoms in total. The van der Waals surface area contributed by atoms with Gasteiger partial charge in [-0.05, 0) is 62.0 Å². The Morgan fingerprint density at radius 1 is 0.955 bits per heavy atom. The van der Waals surface area contributed by atoms with Crippen molar-refractivity contribution in [2.45, 2.75) is 153 Å². The van der Waals surface area contributed by atoms with Gasteiger partial charge in [0.05, 0.1) is 30.0 Å². The Bertz CT molecular complexity index is 1000. The predicted molar refractivity (Wildman–Crippen MR) is 172 cm³/mol. The minimum atomic E-state index is -1.05. The molecule has 0 unspecified atom stereocenters. The summed E-state index contributed by atoms with van der Waals surface area (Å²) in [5, 5.41) is 36.9. The van der Waals surface area contributed by atoms with Crippen molar-refractivity contribution in [3.63, 3.8) is 0 Å². The van der Waals surface area contributed by atoms with Gasteiger partial charge in [-0.25, -0.2) is 0 Å². The summed E-state index contributed by atoms with van der Waals surface area (Å²) >= 11 is 0. The summed E-state index contributed by atoms with van der Waals surface area (Å²) in [4.78, 5) is 34.2. The van der Waals surface area contributed by atoms with Crippen LogP contribution in [0.4, 0.5) is 0 Å². The molecule has 44 heavy (non-hydrogen) atoms. The van der Waals surface area contributed by atoms with Crippen molar-refractivity contribution in [1.29, 1.82) is 0 Å². The zero-order valence-corrected chi connectivity index (χ0v) is 27.3. The molecule has 4 atom stereocenters. The zero-order valence-electron chi connectivity index (χ0n) is 27.3. The van der Waals surface area contributed by atoms with Crippen LogP contribution in [0.5, 0.6) is 0 Å². The molecule has 2 amide bonds. The molecule has 1 aromatic rings. The van der Waals surface area contributed by atoms with E-state index in [0.717, 1.165) is 69.9 Å². The van der Waals surface area contributed by atoms with Crippen molar-refractivity contribution < 1.29 is 24.9 Å². The maximum absolute atomic E-state index is 14.0. The summed E-state index contributed by atoms with van der Waals surface area (Å²) in [6.45, 7) is 4.57. The Hall–Kier alpha value is -2.03. The van der Waals surface area contributed by atoms with Gasteiger partial charge >= 0.3 is 0 Å². The molecule has 248 valence electrons. The molecule has 1 heterocycles. The maximum atomic E-state index is 14.0. The number of nitrogens with zero attached hydrogens (tertiary/aromatic N) is 2. The molecule has 0 saturated heterocycles. The number of pyridine rings is 1. The van der Waals surface area contributed by atoms with Crippen molar-refractivity contribution >= 4 is 11.8 Å². The Morgan fingerprint density at radius 3 is 2.23 bits per heavy atom. The van der Waals surface area contributed by atoms with Crippen molar-refractivity contribution in [3.05, 3.63) is 30.1 Å². The van der Waals surface area contributed by atoms with Gasteiger partial charge < -0.3 is 25.5 Å². The van der Waals surface area contributed by atoms with Crippen LogP contribution in [0.1, 0.15) is 129 Å². The molecule has 0 spiro atoms. The molecule has 0 aromatic carbocycles. The van der Waals surface area contributed by atoms with Gasteiger partial charge in [-0.2, -0.15) is 0 Å². The number of hydrogen-bond donors (Lipinski definition) is 4. The van der Waals surface area contributed by atoms with E-state index in [1.807, 2.05) is 32.0 Å². The maximum Gasteiger partial charge on any atom is 0.223 e. The first kappa shape index (κ1) is 34.8. The molecule has 3 saturated carbocycles. The van der Waals surface area contributed by atoms with E-state index in [0.29, 0.717) is 50.5 Å². The third-order valence-corrected chi connectivity index (χ3v) is 10.2. The van der Waals surface area contributed by atoms with Crippen LogP contribution in [0.3, 0.4) is 0 Å². The Labute approximate surface area is 265 Å². The number of rotatable bonds is 16. The second-order valence-electron chi connectivity index (χ2n) is 14.8. The predicted octanol–water partition coefficient (Wildman–Crippen LogP) is 5.53. The molecule has 4 rings (SSSR count). The lowest BCUT2D eigenvalue weighted by Crippen LogP contribution is -2.52. The van der Waals surface area contributed by atoms with E-state index in [4.69, 9.17) is 0 Å². The summed E-state index contributed by atoms with van der Waals surface area (Å²) in [6, 6.07) is 5.10. The van der Waals surface area contributed by atoms with Crippen LogP contribution in [0.2, 0.25) is 0 Å². The number of amides is 2. The number of carbonyl (C=O) groups is 2. The quantitative estimate of drug-likeness (QED) is 0.182. The summed E-state index contributed by atoms with van der Waals surface area (Å²) in [6.07, 6.45) is 14.8. The van der Waals surface area contributed by atoms with E-state index in [9.17, 15) is 24.9 Å². The molecule has 0 aliphatic heterocycles. The second kappa shape index (κ2) is 17.0. The van der Waals surface area contributed by atoms with Gasteiger partial charge in [-0.15, -0.1) is 0 Å². The smallest absolute Gasteiger partial charge is 0.223 e. The molecule has 3 aliphatic carbocycles. The molecule has 0 bridgehead atoms. The average molecular weight is 614 g/mol. The van der Waals surface area contributed by atoms with Gasteiger partial charge in [0.1, 0.15) is 6.10 Å². The SMILES string of the molecule is CC(C)C[C@H](O)[C@H](O)[C@H](CC1CCCCC1)NC(=O)[C@@H](CC(=O)N(Cc1ccccn1)CC1(O)CCCCCC1)CC1CC1. The van der Waals surface area contributed by atoms with Crippen molar-refractivity contribution in [2.24, 2.45) is 23.7 Å². The fraction of sp³-hybridized carbons (Fsp3) is 0.806. The van der Waals surface area contributed by atoms with Crippen LogP contribution in [0, 0.1) is 23.7 Å². The van der Waals surface area contributed by atoms with E-state index < -0.39 is 29.8 Å². The average Bonchev–Trinajstić information content (AvgIpc) is 3.84. The van der Waals surface area contributed by atoms with E-state index in [1.165, 1.54) is 6.42 Å². The number of aliphatic hydroxyl groups is 3. The minimum absolute atomic E-state index is 0.0615. The van der Waals surface area contributed by atoms with E-state index in [2.05, 4.69) is 10.3 Å².